The quantitative estimate of drug-likeness (QED) is 0.850. The number of carbonyl (C=O) groups excluding carboxylic acids is 1. The molecule has 0 bridgehead atoms. The third-order valence-electron chi connectivity index (χ3n) is 5.51. The molecule has 0 radical (unpaired) electrons. The maximum Gasteiger partial charge on any atom is 0.230 e. The van der Waals surface area contributed by atoms with Crippen LogP contribution in [0.15, 0.2) is 36.7 Å². The number of aromatic nitrogens is 2. The highest BCUT2D eigenvalue weighted by Crippen LogP contribution is 2.34. The van der Waals surface area contributed by atoms with Gasteiger partial charge in [0.2, 0.25) is 5.91 Å². The fourth-order valence-corrected chi connectivity index (χ4v) is 3.95. The van der Waals surface area contributed by atoms with Crippen LogP contribution in [0.1, 0.15) is 35.6 Å². The highest BCUT2D eigenvalue weighted by molar-refractivity contribution is 5.85. The number of benzene rings is 1. The van der Waals surface area contributed by atoms with Crippen molar-refractivity contribution in [2.75, 3.05) is 25.0 Å². The van der Waals surface area contributed by atoms with Crippen molar-refractivity contribution in [3.63, 3.8) is 0 Å². The fourth-order valence-electron chi connectivity index (χ4n) is 3.95. The molecule has 6 nitrogen and oxygen atoms in total. The smallest absolute Gasteiger partial charge is 0.230 e. The molecule has 1 fully saturated rings. The Hall–Kier alpha value is -2.94. The van der Waals surface area contributed by atoms with Gasteiger partial charge in [0.05, 0.1) is 12.0 Å². The van der Waals surface area contributed by atoms with Crippen LogP contribution < -0.4 is 4.90 Å². The summed E-state index contributed by atoms with van der Waals surface area (Å²) in [4.78, 5) is 25.3. The lowest BCUT2D eigenvalue weighted by molar-refractivity contribution is -0.134. The van der Waals surface area contributed by atoms with Gasteiger partial charge < -0.3 is 9.80 Å². The number of hydrogen-bond acceptors (Lipinski definition) is 5. The van der Waals surface area contributed by atoms with Crippen molar-refractivity contribution in [1.29, 1.82) is 5.26 Å². The van der Waals surface area contributed by atoms with Gasteiger partial charge in [-0.1, -0.05) is 24.3 Å². The molecule has 1 aliphatic carbocycles. The number of carbonyl (C=O) groups is 1. The zero-order chi connectivity index (χ0) is 18.1. The van der Waals surface area contributed by atoms with Crippen molar-refractivity contribution in [2.45, 2.75) is 31.2 Å². The van der Waals surface area contributed by atoms with Crippen LogP contribution in [-0.2, 0) is 11.2 Å². The minimum Gasteiger partial charge on any atom is -0.350 e. The molecule has 1 amide bonds. The van der Waals surface area contributed by atoms with Crippen molar-refractivity contribution in [3.8, 4) is 6.07 Å². The van der Waals surface area contributed by atoms with E-state index in [1.807, 2.05) is 29.0 Å². The van der Waals surface area contributed by atoms with Crippen LogP contribution in [0.5, 0.6) is 0 Å². The monoisotopic (exact) mass is 347 g/mol. The predicted octanol–water partition coefficient (Wildman–Crippen LogP) is 2.12. The van der Waals surface area contributed by atoms with E-state index < -0.39 is 0 Å². The highest BCUT2D eigenvalue weighted by Gasteiger charge is 2.37. The molecule has 0 saturated carbocycles. The van der Waals surface area contributed by atoms with Crippen LogP contribution in [-0.4, -0.2) is 47.0 Å². The number of likely N-dealkylation sites (N-methyl/N-ethyl adjacent to an activating group) is 1. The summed E-state index contributed by atoms with van der Waals surface area (Å²) in [5.74, 6) is 0.766. The van der Waals surface area contributed by atoms with Gasteiger partial charge in [0.25, 0.3) is 0 Å². The molecule has 1 aromatic heterocycles. The summed E-state index contributed by atoms with van der Waals surface area (Å²) in [5.41, 5.74) is 2.83. The van der Waals surface area contributed by atoms with Gasteiger partial charge in [-0.3, -0.25) is 4.79 Å². The summed E-state index contributed by atoms with van der Waals surface area (Å²) in [6, 6.07) is 10.5. The van der Waals surface area contributed by atoms with Crippen LogP contribution in [0.2, 0.25) is 0 Å². The van der Waals surface area contributed by atoms with Crippen LogP contribution in [0.3, 0.4) is 0 Å². The lowest BCUT2D eigenvalue weighted by Crippen LogP contribution is -2.61. The summed E-state index contributed by atoms with van der Waals surface area (Å²) < 4.78 is 0. The van der Waals surface area contributed by atoms with E-state index in [0.717, 1.165) is 19.3 Å². The van der Waals surface area contributed by atoms with Gasteiger partial charge in [0.1, 0.15) is 6.07 Å². The molecule has 1 aliphatic heterocycles. The summed E-state index contributed by atoms with van der Waals surface area (Å²) in [5, 5.41) is 9.17. The first kappa shape index (κ1) is 16.5. The van der Waals surface area contributed by atoms with E-state index in [0.29, 0.717) is 24.6 Å². The van der Waals surface area contributed by atoms with E-state index >= 15 is 0 Å². The second-order valence-electron chi connectivity index (χ2n) is 6.99. The Balaban J connectivity index is 1.45. The predicted molar refractivity (Wildman–Crippen MR) is 97.6 cm³/mol. The SMILES string of the molecule is CN(C(=O)C1CCCc2ccccc21)C1CN(c2nccnc2C#N)C1. The zero-order valence-corrected chi connectivity index (χ0v) is 14.8. The summed E-state index contributed by atoms with van der Waals surface area (Å²) in [6.45, 7) is 1.37. The maximum atomic E-state index is 13.1. The van der Waals surface area contributed by atoms with E-state index in [1.54, 1.807) is 6.20 Å². The Morgan fingerprint density at radius 2 is 2.04 bits per heavy atom. The molecule has 2 heterocycles. The van der Waals surface area contributed by atoms with Gasteiger partial charge in [-0.2, -0.15) is 5.26 Å². The number of anilines is 1. The molecule has 4 rings (SSSR count). The maximum absolute atomic E-state index is 13.1. The van der Waals surface area contributed by atoms with Crippen molar-refractivity contribution >= 4 is 11.7 Å². The van der Waals surface area contributed by atoms with Crippen LogP contribution in [0.4, 0.5) is 5.82 Å². The van der Waals surface area contributed by atoms with E-state index in [4.69, 9.17) is 5.26 Å². The number of aryl methyl sites for hydroxylation is 1. The molecule has 2 aliphatic rings. The second-order valence-corrected chi connectivity index (χ2v) is 6.99. The first-order chi connectivity index (χ1) is 12.7. The molecule has 2 aromatic rings. The lowest BCUT2D eigenvalue weighted by Gasteiger charge is -2.45. The number of nitriles is 1. The standard InChI is InChI=1S/C20H21N5O/c1-24(15-12-25(13-15)19-18(11-21)22-9-10-23-19)20(26)17-8-4-6-14-5-2-3-7-16(14)17/h2-3,5,7,9-10,15,17H,4,6,8,12-13H2,1H3. The molecule has 1 saturated heterocycles. The average molecular weight is 347 g/mol. The van der Waals surface area contributed by atoms with E-state index in [2.05, 4.69) is 28.2 Å². The van der Waals surface area contributed by atoms with Gasteiger partial charge in [0.15, 0.2) is 11.5 Å². The van der Waals surface area contributed by atoms with E-state index in [-0.39, 0.29) is 17.9 Å². The molecule has 1 aromatic carbocycles. The molecule has 6 heteroatoms. The molecule has 1 unspecified atom stereocenters. The Kier molecular flexibility index (Phi) is 4.29. The first-order valence-electron chi connectivity index (χ1n) is 8.99. The highest BCUT2D eigenvalue weighted by atomic mass is 16.2. The first-order valence-corrected chi connectivity index (χ1v) is 8.99. The molecular formula is C20H21N5O. The Morgan fingerprint density at radius 1 is 1.27 bits per heavy atom. The van der Waals surface area contributed by atoms with Gasteiger partial charge in [-0.25, -0.2) is 9.97 Å². The van der Waals surface area contributed by atoms with Crippen molar-refractivity contribution < 1.29 is 4.79 Å². The van der Waals surface area contributed by atoms with Crippen LogP contribution in [0, 0.1) is 11.3 Å². The van der Waals surface area contributed by atoms with Crippen LogP contribution in [0.25, 0.3) is 0 Å². The average Bonchev–Trinajstić information content (AvgIpc) is 2.66. The molecule has 0 N–H and O–H groups in total. The van der Waals surface area contributed by atoms with Gasteiger partial charge >= 0.3 is 0 Å². The molecular weight excluding hydrogens is 326 g/mol. The summed E-state index contributed by atoms with van der Waals surface area (Å²) >= 11 is 0. The third-order valence-corrected chi connectivity index (χ3v) is 5.51. The zero-order valence-electron chi connectivity index (χ0n) is 14.8. The molecule has 132 valence electrons. The second kappa shape index (κ2) is 6.75. The van der Waals surface area contributed by atoms with E-state index in [9.17, 15) is 4.79 Å². The van der Waals surface area contributed by atoms with Crippen molar-refractivity contribution in [1.82, 2.24) is 14.9 Å². The lowest BCUT2D eigenvalue weighted by atomic mass is 9.82. The summed E-state index contributed by atoms with van der Waals surface area (Å²) in [7, 11) is 1.89. The number of nitrogens with zero attached hydrogens (tertiary/aromatic N) is 5. The Bertz CT molecular complexity index is 869. The number of hydrogen-bond donors (Lipinski definition) is 0. The molecule has 0 spiro atoms. The van der Waals surface area contributed by atoms with Gasteiger partial charge in [0, 0.05) is 32.5 Å². The third kappa shape index (κ3) is 2.80. The van der Waals surface area contributed by atoms with Crippen LogP contribution >= 0.6 is 0 Å². The number of rotatable bonds is 3. The Morgan fingerprint density at radius 3 is 2.85 bits per heavy atom. The van der Waals surface area contributed by atoms with E-state index in [1.165, 1.54) is 17.3 Å². The van der Waals surface area contributed by atoms with Crippen molar-refractivity contribution in [3.05, 3.63) is 53.5 Å². The van der Waals surface area contributed by atoms with Crippen molar-refractivity contribution in [2.24, 2.45) is 0 Å². The fraction of sp³-hybridized carbons (Fsp3) is 0.400. The largest absolute Gasteiger partial charge is 0.350 e. The number of amides is 1. The topological polar surface area (TPSA) is 73.1 Å². The summed E-state index contributed by atoms with van der Waals surface area (Å²) in [6.07, 6.45) is 6.15. The minimum atomic E-state index is -0.0369. The normalized spacial score (nSPS) is 19.2. The molecule has 26 heavy (non-hydrogen) atoms. The number of fused-ring (bicyclic) bond motifs is 1. The Labute approximate surface area is 153 Å². The van der Waals surface area contributed by atoms with Gasteiger partial charge in [-0.15, -0.1) is 0 Å². The molecule has 1 atom stereocenters. The minimum absolute atomic E-state index is 0.0369. The van der Waals surface area contributed by atoms with Gasteiger partial charge in [-0.05, 0) is 30.4 Å².